The van der Waals surface area contributed by atoms with E-state index in [1.807, 2.05) is 6.92 Å². The molecule has 0 heterocycles. The molecule has 0 rings (SSSR count). The van der Waals surface area contributed by atoms with E-state index in [1.165, 1.54) is 0 Å². The molecule has 12 heavy (non-hydrogen) atoms. The molecule has 0 atom stereocenters. The molecule has 0 fully saturated rings. The fourth-order valence-electron chi connectivity index (χ4n) is 0.443. The summed E-state index contributed by atoms with van der Waals surface area (Å²) in [5, 5.41) is 0. The quantitative estimate of drug-likeness (QED) is 0.327. The Balaban J connectivity index is 0. The van der Waals surface area contributed by atoms with Crippen molar-refractivity contribution in [2.24, 2.45) is 0 Å². The molecule has 0 spiro atoms. The van der Waals surface area contributed by atoms with Crippen LogP contribution in [-0.4, -0.2) is 59.8 Å². The van der Waals surface area contributed by atoms with Gasteiger partial charge in [-0.25, -0.2) is 0 Å². The van der Waals surface area contributed by atoms with Crippen LogP contribution in [0.5, 0.6) is 0 Å². The van der Waals surface area contributed by atoms with Gasteiger partial charge in [0.05, 0.1) is 5.75 Å². The van der Waals surface area contributed by atoms with E-state index in [-0.39, 0.29) is 35.3 Å². The molecule has 0 saturated carbocycles. The molecular weight excluding hydrogens is 227 g/mol. The van der Waals surface area contributed by atoms with E-state index in [0.717, 1.165) is 11.5 Å². The van der Waals surface area contributed by atoms with Crippen LogP contribution < -0.4 is 0 Å². The molecule has 0 aromatic heterocycles. The van der Waals surface area contributed by atoms with Crippen molar-refractivity contribution in [1.82, 2.24) is 0 Å². The van der Waals surface area contributed by atoms with Crippen LogP contribution in [-0.2, 0) is 10.1 Å². The van der Waals surface area contributed by atoms with Crippen LogP contribution in [0.1, 0.15) is 13.3 Å². The second-order valence-electron chi connectivity index (χ2n) is 1.87. The van der Waals surface area contributed by atoms with Crippen molar-refractivity contribution in [2.75, 3.05) is 17.3 Å². The number of hydrogen-bond acceptors (Lipinski definition) is 4. The van der Waals surface area contributed by atoms with Gasteiger partial charge in [-0.05, 0) is 6.42 Å². The van der Waals surface area contributed by atoms with Crippen LogP contribution in [0, 0.1) is 0 Å². The first-order valence-electron chi connectivity index (χ1n) is 3.26. The van der Waals surface area contributed by atoms with Gasteiger partial charge >= 0.3 is 0 Å². The van der Waals surface area contributed by atoms with Gasteiger partial charge in [0.15, 0.2) is 0 Å². The van der Waals surface area contributed by atoms with Crippen molar-refractivity contribution in [2.45, 2.75) is 13.3 Å². The second kappa shape index (κ2) is 9.18. The van der Waals surface area contributed by atoms with Crippen LogP contribution in [0.2, 0.25) is 0 Å². The summed E-state index contributed by atoms with van der Waals surface area (Å²) in [5.41, 5.74) is 0. The first-order chi connectivity index (χ1) is 5.06. The molecule has 0 saturated heterocycles. The molecular formula is C5H12NaO3S3. The van der Waals surface area contributed by atoms with Crippen molar-refractivity contribution in [3.8, 4) is 0 Å². The summed E-state index contributed by atoms with van der Waals surface area (Å²) in [6.07, 6.45) is 0.524. The van der Waals surface area contributed by atoms with Gasteiger partial charge in [-0.2, -0.15) is 8.42 Å². The van der Waals surface area contributed by atoms with Crippen molar-refractivity contribution in [3.63, 3.8) is 0 Å². The number of rotatable bonds is 6. The van der Waals surface area contributed by atoms with Gasteiger partial charge in [-0.15, -0.1) is 0 Å². The average Bonchev–Trinajstić information content (AvgIpc) is 1.85. The summed E-state index contributed by atoms with van der Waals surface area (Å²) in [6.45, 7) is 2.04. The Morgan fingerprint density at radius 2 is 1.92 bits per heavy atom. The Morgan fingerprint density at radius 1 is 1.33 bits per heavy atom. The minimum absolute atomic E-state index is 0. The largest absolute Gasteiger partial charge is 0.286 e. The van der Waals surface area contributed by atoms with Crippen LogP contribution in [0.15, 0.2) is 0 Å². The Labute approximate surface area is 104 Å². The monoisotopic (exact) mass is 239 g/mol. The smallest absolute Gasteiger partial charge is 0.264 e. The minimum Gasteiger partial charge on any atom is -0.286 e. The van der Waals surface area contributed by atoms with Gasteiger partial charge in [0, 0.05) is 41.1 Å². The Morgan fingerprint density at radius 3 is 2.33 bits per heavy atom. The van der Waals surface area contributed by atoms with Crippen LogP contribution >= 0.6 is 21.6 Å². The van der Waals surface area contributed by atoms with Gasteiger partial charge in [-0.3, -0.25) is 4.55 Å². The predicted octanol–water partition coefficient (Wildman–Crippen LogP) is 1.28. The van der Waals surface area contributed by atoms with Crippen molar-refractivity contribution in [1.29, 1.82) is 0 Å². The first kappa shape index (κ1) is 16.1. The van der Waals surface area contributed by atoms with Crippen molar-refractivity contribution in [3.05, 3.63) is 0 Å². The average molecular weight is 239 g/mol. The Kier molecular flexibility index (Phi) is 12.3. The molecule has 0 unspecified atom stereocenters. The van der Waals surface area contributed by atoms with Gasteiger partial charge in [0.1, 0.15) is 0 Å². The Bertz CT molecular complexity index is 180. The summed E-state index contributed by atoms with van der Waals surface area (Å²) in [4.78, 5) is 0. The van der Waals surface area contributed by atoms with Crippen molar-refractivity contribution < 1.29 is 13.0 Å². The fraction of sp³-hybridized carbons (Fsp3) is 1.00. The maximum absolute atomic E-state index is 10.2. The normalized spacial score (nSPS) is 10.8. The number of hydrogen-bond donors (Lipinski definition) is 1. The fourth-order valence-corrected chi connectivity index (χ4v) is 2.89. The Hall–Kier alpha value is 1.61. The van der Waals surface area contributed by atoms with E-state index in [4.69, 9.17) is 4.55 Å². The topological polar surface area (TPSA) is 54.4 Å². The molecule has 3 nitrogen and oxygen atoms in total. The molecule has 69 valence electrons. The maximum atomic E-state index is 10.2. The second-order valence-corrected chi connectivity index (χ2v) is 6.31. The summed E-state index contributed by atoms with van der Waals surface area (Å²) in [5.74, 6) is 1.68. The summed E-state index contributed by atoms with van der Waals surface area (Å²) in [6, 6.07) is 0. The van der Waals surface area contributed by atoms with E-state index in [1.54, 1.807) is 21.6 Å². The molecule has 0 aliphatic heterocycles. The van der Waals surface area contributed by atoms with E-state index < -0.39 is 10.1 Å². The van der Waals surface area contributed by atoms with Gasteiger partial charge < -0.3 is 0 Å². The van der Waals surface area contributed by atoms with Crippen LogP contribution in [0.4, 0.5) is 0 Å². The first-order valence-corrected chi connectivity index (χ1v) is 7.35. The molecule has 0 aliphatic carbocycles. The van der Waals surface area contributed by atoms with Gasteiger partial charge in [0.25, 0.3) is 10.1 Å². The molecule has 0 aromatic rings. The van der Waals surface area contributed by atoms with E-state index in [0.29, 0.717) is 6.42 Å². The molecule has 0 bridgehead atoms. The van der Waals surface area contributed by atoms with Crippen molar-refractivity contribution >= 4 is 61.3 Å². The van der Waals surface area contributed by atoms with E-state index in [9.17, 15) is 8.42 Å². The van der Waals surface area contributed by atoms with Gasteiger partial charge in [0.2, 0.25) is 0 Å². The zero-order chi connectivity index (χ0) is 8.74. The molecule has 0 aromatic carbocycles. The van der Waals surface area contributed by atoms with Gasteiger partial charge in [-0.1, -0.05) is 28.5 Å². The SMILES string of the molecule is CCSSCCCS(=O)(=O)O.[Na]. The zero-order valence-corrected chi connectivity index (χ0v) is 11.8. The van der Waals surface area contributed by atoms with E-state index >= 15 is 0 Å². The van der Waals surface area contributed by atoms with E-state index in [2.05, 4.69) is 0 Å². The minimum atomic E-state index is -3.73. The van der Waals surface area contributed by atoms with Crippen LogP contribution in [0.3, 0.4) is 0 Å². The molecule has 0 aliphatic rings. The summed E-state index contributed by atoms with van der Waals surface area (Å²) >= 11 is 0. The van der Waals surface area contributed by atoms with Crippen LogP contribution in [0.25, 0.3) is 0 Å². The molecule has 1 N–H and O–H groups in total. The zero-order valence-electron chi connectivity index (χ0n) is 7.32. The third-order valence-corrected chi connectivity index (χ3v) is 4.20. The standard InChI is InChI=1S/C5H12O3S3.Na/c1-2-9-10-4-3-5-11(6,7)8;/h2-5H2,1H3,(H,6,7,8);. The third-order valence-electron chi connectivity index (χ3n) is 0.831. The molecule has 7 heteroatoms. The molecule has 1 radical (unpaired) electrons. The maximum Gasteiger partial charge on any atom is 0.264 e. The summed E-state index contributed by atoms with van der Waals surface area (Å²) in [7, 11) is -0.400. The molecule has 0 amide bonds. The summed E-state index contributed by atoms with van der Waals surface area (Å²) < 4.78 is 28.7. The predicted molar refractivity (Wildman–Crippen MR) is 57.4 cm³/mol. The third kappa shape index (κ3) is 14.2.